The fourth-order valence-corrected chi connectivity index (χ4v) is 3.90. The van der Waals surface area contributed by atoms with Crippen molar-refractivity contribution in [1.82, 2.24) is 20.7 Å². The third-order valence-electron chi connectivity index (χ3n) is 5.72. The number of methoxy groups -OCH3 is 1. The lowest BCUT2D eigenvalue weighted by Crippen LogP contribution is -2.51. The summed E-state index contributed by atoms with van der Waals surface area (Å²) in [6.07, 6.45) is 1.33. The molecule has 2 heterocycles. The molecular weight excluding hydrogens is 344 g/mol. The second-order valence-electron chi connectivity index (χ2n) is 7.55. The quantitative estimate of drug-likeness (QED) is 0.781. The second kappa shape index (κ2) is 8.71. The number of carbonyl (C=O) groups is 2. The summed E-state index contributed by atoms with van der Waals surface area (Å²) in [5, 5.41) is 0. The van der Waals surface area contributed by atoms with Gasteiger partial charge in [0.25, 0.3) is 0 Å². The molecule has 27 heavy (non-hydrogen) atoms. The monoisotopic (exact) mass is 374 g/mol. The van der Waals surface area contributed by atoms with Gasteiger partial charge >= 0.3 is 0 Å². The average Bonchev–Trinajstić information content (AvgIpc) is 2.99. The molecule has 2 saturated heterocycles. The van der Waals surface area contributed by atoms with Gasteiger partial charge in [-0.15, -0.1) is 0 Å². The predicted octanol–water partition coefficient (Wildman–Crippen LogP) is 1.15. The molecule has 1 aromatic carbocycles. The molecule has 0 spiro atoms. The number of hydrogen-bond acceptors (Lipinski definition) is 5. The molecule has 7 heteroatoms. The van der Waals surface area contributed by atoms with Crippen molar-refractivity contribution in [3.05, 3.63) is 29.8 Å². The molecule has 0 aromatic heterocycles. The predicted molar refractivity (Wildman–Crippen MR) is 103 cm³/mol. The maximum Gasteiger partial charge on any atom is 0.242 e. The Morgan fingerprint density at radius 3 is 2.41 bits per heavy atom. The third kappa shape index (κ3) is 4.78. The summed E-state index contributed by atoms with van der Waals surface area (Å²) >= 11 is 0. The Labute approximate surface area is 161 Å². The molecule has 0 radical (unpaired) electrons. The van der Waals surface area contributed by atoms with Crippen LogP contribution >= 0.6 is 0 Å². The maximum absolute atomic E-state index is 12.5. The van der Waals surface area contributed by atoms with E-state index in [9.17, 15) is 9.59 Å². The van der Waals surface area contributed by atoms with E-state index < -0.39 is 0 Å². The summed E-state index contributed by atoms with van der Waals surface area (Å²) in [4.78, 5) is 28.6. The molecule has 0 aliphatic carbocycles. The van der Waals surface area contributed by atoms with Gasteiger partial charge in [-0.25, -0.2) is 0 Å². The Bertz CT molecular complexity index is 654. The Kier molecular flexibility index (Phi) is 6.34. The number of nitrogens with zero attached hydrogens (tertiary/aromatic N) is 2. The SMILES string of the molecule is COc1ccc(CN2CCN(C(=O)CCC3C(C)NNC3C)CC2=O)cc1. The van der Waals surface area contributed by atoms with Crippen molar-refractivity contribution >= 4 is 11.8 Å². The first-order chi connectivity index (χ1) is 13.0. The molecule has 2 aliphatic rings. The number of piperazine rings is 1. The van der Waals surface area contributed by atoms with Crippen molar-refractivity contribution in [2.75, 3.05) is 26.7 Å². The number of hydrogen-bond donors (Lipinski definition) is 2. The number of benzene rings is 1. The minimum Gasteiger partial charge on any atom is -0.497 e. The van der Waals surface area contributed by atoms with Gasteiger partial charge in [-0.1, -0.05) is 12.1 Å². The zero-order valence-electron chi connectivity index (χ0n) is 16.4. The van der Waals surface area contributed by atoms with E-state index in [-0.39, 0.29) is 18.4 Å². The summed E-state index contributed by atoms with van der Waals surface area (Å²) in [5.41, 5.74) is 7.51. The highest BCUT2D eigenvalue weighted by atomic mass is 16.5. The lowest BCUT2D eigenvalue weighted by molar-refractivity contribution is -0.145. The molecule has 2 fully saturated rings. The van der Waals surface area contributed by atoms with Crippen molar-refractivity contribution in [2.45, 2.75) is 45.3 Å². The Balaban J connectivity index is 1.47. The summed E-state index contributed by atoms with van der Waals surface area (Å²) < 4.78 is 5.16. The maximum atomic E-state index is 12.5. The highest BCUT2D eigenvalue weighted by molar-refractivity contribution is 5.86. The topological polar surface area (TPSA) is 73.9 Å². The van der Waals surface area contributed by atoms with E-state index in [0.29, 0.717) is 44.1 Å². The molecule has 2 unspecified atom stereocenters. The van der Waals surface area contributed by atoms with Crippen LogP contribution in [0.15, 0.2) is 24.3 Å². The van der Waals surface area contributed by atoms with Gasteiger partial charge in [0.15, 0.2) is 0 Å². The number of ether oxygens (including phenoxy) is 1. The fourth-order valence-electron chi connectivity index (χ4n) is 3.90. The van der Waals surface area contributed by atoms with Crippen LogP contribution < -0.4 is 15.6 Å². The number of nitrogens with one attached hydrogen (secondary N) is 2. The second-order valence-corrected chi connectivity index (χ2v) is 7.55. The molecule has 0 saturated carbocycles. The highest BCUT2D eigenvalue weighted by Gasteiger charge is 2.32. The molecule has 2 aliphatic heterocycles. The van der Waals surface area contributed by atoms with Gasteiger partial charge in [-0.05, 0) is 43.9 Å². The summed E-state index contributed by atoms with van der Waals surface area (Å²) in [7, 11) is 1.63. The van der Waals surface area contributed by atoms with Crippen LogP contribution in [0.4, 0.5) is 0 Å². The van der Waals surface area contributed by atoms with Crippen molar-refractivity contribution < 1.29 is 14.3 Å². The Morgan fingerprint density at radius 1 is 1.15 bits per heavy atom. The van der Waals surface area contributed by atoms with Crippen molar-refractivity contribution in [3.63, 3.8) is 0 Å². The van der Waals surface area contributed by atoms with Crippen LogP contribution in [0.2, 0.25) is 0 Å². The molecular formula is C20H30N4O3. The van der Waals surface area contributed by atoms with E-state index in [0.717, 1.165) is 17.7 Å². The van der Waals surface area contributed by atoms with Crippen molar-refractivity contribution in [2.24, 2.45) is 5.92 Å². The van der Waals surface area contributed by atoms with Gasteiger partial charge in [0, 0.05) is 38.1 Å². The van der Waals surface area contributed by atoms with E-state index in [4.69, 9.17) is 4.74 Å². The molecule has 2 N–H and O–H groups in total. The van der Waals surface area contributed by atoms with Crippen LogP contribution in [0.1, 0.15) is 32.3 Å². The highest BCUT2D eigenvalue weighted by Crippen LogP contribution is 2.21. The van der Waals surface area contributed by atoms with E-state index in [1.165, 1.54) is 0 Å². The van der Waals surface area contributed by atoms with Crippen molar-refractivity contribution in [1.29, 1.82) is 0 Å². The molecule has 148 valence electrons. The zero-order chi connectivity index (χ0) is 19.4. The van der Waals surface area contributed by atoms with Gasteiger partial charge in [0.2, 0.25) is 11.8 Å². The number of rotatable bonds is 6. The van der Waals surface area contributed by atoms with E-state index in [1.807, 2.05) is 29.2 Å². The smallest absolute Gasteiger partial charge is 0.242 e. The molecule has 3 rings (SSSR count). The fraction of sp³-hybridized carbons (Fsp3) is 0.600. The molecule has 2 atom stereocenters. The van der Waals surface area contributed by atoms with Crippen LogP contribution in [0.3, 0.4) is 0 Å². The number of carbonyl (C=O) groups excluding carboxylic acids is 2. The zero-order valence-corrected chi connectivity index (χ0v) is 16.4. The Hall–Kier alpha value is -2.12. The van der Waals surface area contributed by atoms with Gasteiger partial charge in [0.1, 0.15) is 5.75 Å². The number of amides is 2. The van der Waals surface area contributed by atoms with Crippen molar-refractivity contribution in [3.8, 4) is 5.75 Å². The van der Waals surface area contributed by atoms with E-state index >= 15 is 0 Å². The van der Waals surface area contributed by atoms with Gasteiger partial charge in [-0.2, -0.15) is 0 Å². The Morgan fingerprint density at radius 2 is 1.81 bits per heavy atom. The molecule has 2 amide bonds. The standard InChI is InChI=1S/C20H30N4O3/c1-14-18(15(2)22-21-14)8-9-19(25)24-11-10-23(20(26)13-24)12-16-4-6-17(27-3)7-5-16/h4-7,14-15,18,21-22H,8-13H2,1-3H3. The molecule has 7 nitrogen and oxygen atoms in total. The summed E-state index contributed by atoms with van der Waals surface area (Å²) in [6.45, 7) is 6.20. The van der Waals surface area contributed by atoms with Crippen LogP contribution in [0, 0.1) is 5.92 Å². The minimum atomic E-state index is 0.0105. The molecule has 1 aromatic rings. The lowest BCUT2D eigenvalue weighted by atomic mass is 9.91. The van der Waals surface area contributed by atoms with Crippen LogP contribution in [0.5, 0.6) is 5.75 Å². The normalized spacial score (nSPS) is 25.7. The minimum absolute atomic E-state index is 0.0105. The first kappa shape index (κ1) is 19.6. The lowest BCUT2D eigenvalue weighted by Gasteiger charge is -2.34. The first-order valence-corrected chi connectivity index (χ1v) is 9.67. The molecule has 0 bridgehead atoms. The summed E-state index contributed by atoms with van der Waals surface area (Å²) in [6, 6.07) is 8.44. The van der Waals surface area contributed by atoms with E-state index in [1.54, 1.807) is 12.0 Å². The van der Waals surface area contributed by atoms with Gasteiger partial charge < -0.3 is 14.5 Å². The van der Waals surface area contributed by atoms with Crippen LogP contribution in [0.25, 0.3) is 0 Å². The summed E-state index contributed by atoms with van der Waals surface area (Å²) in [5.74, 6) is 1.33. The van der Waals surface area contributed by atoms with Crippen LogP contribution in [-0.2, 0) is 16.1 Å². The number of hydrazine groups is 1. The largest absolute Gasteiger partial charge is 0.497 e. The third-order valence-corrected chi connectivity index (χ3v) is 5.72. The van der Waals surface area contributed by atoms with Gasteiger partial charge in [0.05, 0.1) is 13.7 Å². The van der Waals surface area contributed by atoms with E-state index in [2.05, 4.69) is 24.7 Å². The van der Waals surface area contributed by atoms with Crippen LogP contribution in [-0.4, -0.2) is 60.4 Å². The van der Waals surface area contributed by atoms with Gasteiger partial charge in [-0.3, -0.25) is 20.4 Å². The average molecular weight is 374 g/mol. The first-order valence-electron chi connectivity index (χ1n) is 9.67.